The molecule has 1 aliphatic rings. The Kier molecular flexibility index (Phi) is 6.31. The van der Waals surface area contributed by atoms with Crippen LogP contribution in [0, 0.1) is 5.92 Å². The van der Waals surface area contributed by atoms with E-state index in [0.717, 1.165) is 25.9 Å². The Morgan fingerprint density at radius 2 is 2.00 bits per heavy atom. The third-order valence-corrected chi connectivity index (χ3v) is 3.81. The Morgan fingerprint density at radius 1 is 1.35 bits per heavy atom. The highest BCUT2D eigenvalue weighted by atomic mass is 16.6. The maximum absolute atomic E-state index is 11.9. The van der Waals surface area contributed by atoms with Gasteiger partial charge in [0.05, 0.1) is 5.54 Å². The standard InChI is InChI=1S/C16H32N2O2/c1-6-8-13(2)11-17-12-16(9-7-10-16)18-14(19)20-15(3,4)5/h13,17H,6-12H2,1-5H3,(H,18,19). The lowest BCUT2D eigenvalue weighted by molar-refractivity contribution is 0.0382. The van der Waals surface area contributed by atoms with Crippen LogP contribution in [0.4, 0.5) is 4.79 Å². The van der Waals surface area contributed by atoms with Gasteiger partial charge in [-0.2, -0.15) is 0 Å². The molecule has 1 atom stereocenters. The van der Waals surface area contributed by atoms with Crippen molar-refractivity contribution in [3.8, 4) is 0 Å². The molecule has 0 radical (unpaired) electrons. The number of nitrogens with one attached hydrogen (secondary N) is 2. The lowest BCUT2D eigenvalue weighted by atomic mass is 9.76. The zero-order valence-electron chi connectivity index (χ0n) is 13.8. The number of rotatable bonds is 7. The van der Waals surface area contributed by atoms with E-state index < -0.39 is 5.60 Å². The summed E-state index contributed by atoms with van der Waals surface area (Å²) in [5.74, 6) is 0.693. The van der Waals surface area contributed by atoms with Crippen LogP contribution in [0.1, 0.15) is 66.7 Å². The van der Waals surface area contributed by atoms with E-state index in [1.165, 1.54) is 19.3 Å². The van der Waals surface area contributed by atoms with E-state index in [4.69, 9.17) is 4.74 Å². The number of amides is 1. The minimum atomic E-state index is -0.432. The molecule has 2 N–H and O–H groups in total. The molecule has 1 fully saturated rings. The average molecular weight is 284 g/mol. The Hall–Kier alpha value is -0.770. The summed E-state index contributed by atoms with van der Waals surface area (Å²) in [6, 6.07) is 0. The maximum atomic E-state index is 11.9. The van der Waals surface area contributed by atoms with Gasteiger partial charge in [-0.15, -0.1) is 0 Å². The Bertz CT molecular complexity index is 306. The third kappa shape index (κ3) is 6.12. The van der Waals surface area contributed by atoms with Gasteiger partial charge < -0.3 is 15.4 Å². The molecule has 1 amide bonds. The van der Waals surface area contributed by atoms with Crippen molar-refractivity contribution in [3.05, 3.63) is 0 Å². The lowest BCUT2D eigenvalue weighted by Gasteiger charge is -2.43. The predicted octanol–water partition coefficient (Wildman–Crippen LogP) is 3.46. The highest BCUT2D eigenvalue weighted by Gasteiger charge is 2.39. The summed E-state index contributed by atoms with van der Waals surface area (Å²) in [6.07, 6.45) is 5.45. The van der Waals surface area contributed by atoms with E-state index >= 15 is 0 Å². The molecule has 0 aromatic carbocycles. The highest BCUT2D eigenvalue weighted by Crippen LogP contribution is 2.31. The van der Waals surface area contributed by atoms with Crippen molar-refractivity contribution in [1.82, 2.24) is 10.6 Å². The van der Waals surface area contributed by atoms with Crippen molar-refractivity contribution in [2.24, 2.45) is 5.92 Å². The van der Waals surface area contributed by atoms with Gasteiger partial charge in [-0.25, -0.2) is 4.79 Å². The molecule has 1 aliphatic carbocycles. The van der Waals surface area contributed by atoms with Crippen LogP contribution in [0.5, 0.6) is 0 Å². The smallest absolute Gasteiger partial charge is 0.408 e. The first-order valence-corrected chi connectivity index (χ1v) is 7.98. The number of alkyl carbamates (subject to hydrolysis) is 1. The molecular formula is C16H32N2O2. The van der Waals surface area contributed by atoms with Crippen LogP contribution >= 0.6 is 0 Å². The van der Waals surface area contributed by atoms with E-state index in [0.29, 0.717) is 5.92 Å². The molecule has 4 nitrogen and oxygen atoms in total. The number of carbonyl (C=O) groups is 1. The molecule has 20 heavy (non-hydrogen) atoms. The second-order valence-electron chi connectivity index (χ2n) is 7.29. The molecule has 0 aliphatic heterocycles. The molecule has 1 rings (SSSR count). The fourth-order valence-electron chi connectivity index (χ4n) is 2.62. The summed E-state index contributed by atoms with van der Waals surface area (Å²) in [4.78, 5) is 11.9. The highest BCUT2D eigenvalue weighted by molar-refractivity contribution is 5.69. The van der Waals surface area contributed by atoms with Gasteiger partial charge >= 0.3 is 6.09 Å². The lowest BCUT2D eigenvalue weighted by Crippen LogP contribution is -2.60. The van der Waals surface area contributed by atoms with Crippen LogP contribution in [0.3, 0.4) is 0 Å². The number of ether oxygens (including phenoxy) is 1. The molecule has 0 aromatic rings. The first kappa shape index (κ1) is 17.3. The molecule has 0 saturated heterocycles. The van der Waals surface area contributed by atoms with E-state index in [1.807, 2.05) is 20.8 Å². The molecule has 1 saturated carbocycles. The maximum Gasteiger partial charge on any atom is 0.408 e. The SMILES string of the molecule is CCCC(C)CNCC1(NC(=O)OC(C)(C)C)CCC1. The van der Waals surface area contributed by atoms with Crippen molar-refractivity contribution in [2.75, 3.05) is 13.1 Å². The van der Waals surface area contributed by atoms with Crippen molar-refractivity contribution < 1.29 is 9.53 Å². The van der Waals surface area contributed by atoms with Crippen LogP contribution in [-0.2, 0) is 4.74 Å². The van der Waals surface area contributed by atoms with Gasteiger partial charge in [0.15, 0.2) is 0 Å². The van der Waals surface area contributed by atoms with Gasteiger partial charge in [0.25, 0.3) is 0 Å². The monoisotopic (exact) mass is 284 g/mol. The van der Waals surface area contributed by atoms with Gasteiger partial charge in [-0.3, -0.25) is 0 Å². The van der Waals surface area contributed by atoms with Gasteiger partial charge in [-0.1, -0.05) is 20.3 Å². The second kappa shape index (κ2) is 7.30. The zero-order valence-corrected chi connectivity index (χ0v) is 13.8. The topological polar surface area (TPSA) is 50.4 Å². The molecule has 0 aromatic heterocycles. The van der Waals surface area contributed by atoms with Crippen LogP contribution in [0.25, 0.3) is 0 Å². The molecule has 0 heterocycles. The van der Waals surface area contributed by atoms with Crippen molar-refractivity contribution >= 4 is 6.09 Å². The summed E-state index contributed by atoms with van der Waals surface area (Å²) in [5, 5.41) is 6.58. The third-order valence-electron chi connectivity index (χ3n) is 3.81. The summed E-state index contributed by atoms with van der Waals surface area (Å²) in [5.41, 5.74) is -0.521. The first-order valence-electron chi connectivity index (χ1n) is 7.98. The number of hydrogen-bond donors (Lipinski definition) is 2. The summed E-state index contributed by atoms with van der Waals surface area (Å²) in [7, 11) is 0. The van der Waals surface area contributed by atoms with E-state index in [-0.39, 0.29) is 11.6 Å². The van der Waals surface area contributed by atoms with Crippen LogP contribution in [0.2, 0.25) is 0 Å². The summed E-state index contributed by atoms with van der Waals surface area (Å²) >= 11 is 0. The Balaban J connectivity index is 2.34. The van der Waals surface area contributed by atoms with E-state index in [2.05, 4.69) is 24.5 Å². The Morgan fingerprint density at radius 3 is 2.45 bits per heavy atom. The first-order chi connectivity index (χ1) is 9.26. The molecule has 0 spiro atoms. The second-order valence-corrected chi connectivity index (χ2v) is 7.29. The van der Waals surface area contributed by atoms with Crippen molar-refractivity contribution in [2.45, 2.75) is 77.9 Å². The minimum Gasteiger partial charge on any atom is -0.444 e. The number of hydrogen-bond acceptors (Lipinski definition) is 3. The van der Waals surface area contributed by atoms with Gasteiger partial charge in [0, 0.05) is 6.54 Å². The predicted molar refractivity (Wildman–Crippen MR) is 82.9 cm³/mol. The fourth-order valence-corrected chi connectivity index (χ4v) is 2.62. The van der Waals surface area contributed by atoms with Gasteiger partial charge in [-0.05, 0) is 58.9 Å². The summed E-state index contributed by atoms with van der Waals surface area (Å²) in [6.45, 7) is 12.0. The van der Waals surface area contributed by atoms with Crippen LogP contribution in [0.15, 0.2) is 0 Å². The molecule has 4 heteroatoms. The van der Waals surface area contributed by atoms with Crippen LogP contribution < -0.4 is 10.6 Å². The normalized spacial score (nSPS) is 19.1. The summed E-state index contributed by atoms with van der Waals surface area (Å²) < 4.78 is 5.36. The van der Waals surface area contributed by atoms with Crippen LogP contribution in [-0.4, -0.2) is 30.3 Å². The molecule has 1 unspecified atom stereocenters. The van der Waals surface area contributed by atoms with E-state index in [9.17, 15) is 4.79 Å². The van der Waals surface area contributed by atoms with Gasteiger partial charge in [0.1, 0.15) is 5.60 Å². The molecular weight excluding hydrogens is 252 g/mol. The Labute approximate surface area is 124 Å². The average Bonchev–Trinajstić information content (AvgIpc) is 2.23. The largest absolute Gasteiger partial charge is 0.444 e. The minimum absolute atomic E-state index is 0.0890. The zero-order chi connectivity index (χ0) is 15.2. The molecule has 118 valence electrons. The fraction of sp³-hybridized carbons (Fsp3) is 0.938. The molecule has 0 bridgehead atoms. The number of carbonyl (C=O) groups excluding carboxylic acids is 1. The van der Waals surface area contributed by atoms with Gasteiger partial charge in [0.2, 0.25) is 0 Å². The quantitative estimate of drug-likeness (QED) is 0.752. The van der Waals surface area contributed by atoms with E-state index in [1.54, 1.807) is 0 Å². The van der Waals surface area contributed by atoms with Crippen molar-refractivity contribution in [1.29, 1.82) is 0 Å². The van der Waals surface area contributed by atoms with Crippen molar-refractivity contribution in [3.63, 3.8) is 0 Å².